The zero-order chi connectivity index (χ0) is 31.9. The number of rotatable bonds is 6. The quantitative estimate of drug-likeness (QED) is 0.176. The fraction of sp³-hybridized carbons (Fsp3) is 0.382. The second-order valence-corrected chi connectivity index (χ2v) is 13.1. The summed E-state index contributed by atoms with van der Waals surface area (Å²) < 4.78 is 68.1. The number of anilines is 1. The Kier molecular flexibility index (Phi) is 6.91. The second kappa shape index (κ2) is 10.8. The Morgan fingerprint density at radius 3 is 2.78 bits per heavy atom. The van der Waals surface area contributed by atoms with Gasteiger partial charge >= 0.3 is 6.01 Å². The minimum atomic E-state index is -0.964. The third kappa shape index (κ3) is 4.38. The molecule has 5 heterocycles. The van der Waals surface area contributed by atoms with Crippen LogP contribution in [0.5, 0.6) is 6.01 Å². The van der Waals surface area contributed by atoms with Crippen molar-refractivity contribution in [3.8, 4) is 17.1 Å². The summed E-state index contributed by atoms with van der Waals surface area (Å²) in [5.41, 5.74) is -0.979. The fourth-order valence-electron chi connectivity index (χ4n) is 8.11. The van der Waals surface area contributed by atoms with E-state index in [1.165, 1.54) is 30.3 Å². The minimum Gasteiger partial charge on any atom is -0.461 e. The maximum absolute atomic E-state index is 16.7. The van der Waals surface area contributed by atoms with Crippen molar-refractivity contribution < 1.29 is 27.1 Å². The van der Waals surface area contributed by atoms with Gasteiger partial charge in [-0.05, 0) is 55.0 Å². The van der Waals surface area contributed by atoms with Gasteiger partial charge in [0.25, 0.3) is 0 Å². The van der Waals surface area contributed by atoms with Crippen LogP contribution in [-0.4, -0.2) is 82.3 Å². The molecule has 0 aliphatic carbocycles. The number of alkyl halides is 1. The van der Waals surface area contributed by atoms with Crippen LogP contribution in [0.3, 0.4) is 0 Å². The van der Waals surface area contributed by atoms with Crippen molar-refractivity contribution in [3.05, 3.63) is 71.5 Å². The Bertz CT molecular complexity index is 1940. The summed E-state index contributed by atoms with van der Waals surface area (Å²) in [6.45, 7) is 5.77. The van der Waals surface area contributed by atoms with Crippen LogP contribution in [0, 0.1) is 17.5 Å². The summed E-state index contributed by atoms with van der Waals surface area (Å²) in [6.07, 6.45) is 2.98. The van der Waals surface area contributed by atoms with Gasteiger partial charge in [-0.25, -0.2) is 17.6 Å². The van der Waals surface area contributed by atoms with Gasteiger partial charge in [0.1, 0.15) is 35.7 Å². The molecule has 8 rings (SSSR count). The zero-order valence-corrected chi connectivity index (χ0v) is 25.5. The number of amides is 1. The molecule has 0 spiro atoms. The molecule has 4 aromatic rings. The molecule has 7 nitrogen and oxygen atoms in total. The molecular weight excluding hydrogens is 622 g/mol. The van der Waals surface area contributed by atoms with Crippen molar-refractivity contribution in [2.45, 2.75) is 49.5 Å². The van der Waals surface area contributed by atoms with Crippen molar-refractivity contribution in [1.82, 2.24) is 19.8 Å². The molecule has 1 aromatic heterocycles. The molecule has 0 saturated carbocycles. The second-order valence-electron chi connectivity index (χ2n) is 12.7. The van der Waals surface area contributed by atoms with Crippen molar-refractivity contribution in [1.29, 1.82) is 0 Å². The summed E-state index contributed by atoms with van der Waals surface area (Å²) in [7, 11) is 0. The first-order chi connectivity index (χ1) is 22.2. The highest BCUT2D eigenvalue weighted by atomic mass is 35.5. The van der Waals surface area contributed by atoms with Crippen LogP contribution in [0.15, 0.2) is 49.1 Å². The monoisotopic (exact) mass is 651 g/mol. The third-order valence-electron chi connectivity index (χ3n) is 10.3. The predicted octanol–water partition coefficient (Wildman–Crippen LogP) is 6.45. The van der Waals surface area contributed by atoms with Gasteiger partial charge in [-0.3, -0.25) is 9.69 Å². The molecule has 4 aliphatic rings. The first-order valence-corrected chi connectivity index (χ1v) is 15.9. The molecule has 46 heavy (non-hydrogen) atoms. The molecule has 12 heteroatoms. The van der Waals surface area contributed by atoms with Crippen LogP contribution in [0.25, 0.3) is 32.8 Å². The van der Waals surface area contributed by atoms with Crippen molar-refractivity contribution in [2.75, 3.05) is 37.7 Å². The molecule has 4 atom stereocenters. The van der Waals surface area contributed by atoms with E-state index in [1.807, 2.05) is 4.90 Å². The minimum absolute atomic E-state index is 0.0837. The number of hydrogen-bond acceptors (Lipinski definition) is 6. The molecule has 4 aliphatic heterocycles. The Balaban J connectivity index is 1.26. The third-order valence-corrected chi connectivity index (χ3v) is 10.7. The molecule has 0 bridgehead atoms. The van der Waals surface area contributed by atoms with E-state index in [-0.39, 0.29) is 63.3 Å². The van der Waals surface area contributed by atoms with Crippen LogP contribution >= 0.6 is 11.6 Å². The lowest BCUT2D eigenvalue weighted by Gasteiger charge is -2.47. The van der Waals surface area contributed by atoms with Gasteiger partial charge in [0.15, 0.2) is 5.82 Å². The molecule has 1 unspecified atom stereocenters. The molecule has 0 radical (unpaired) electrons. The molecule has 1 amide bonds. The first-order valence-electron chi connectivity index (χ1n) is 15.5. The standard InChI is InChI=1S/C34H30ClF4N5O2/c1-2-26(45)43-12-9-24-25(43)16-44(24)32-21-13-23(38)28(20-6-3-5-18-7-8-22(37)29(35)27(18)20)30(39)31(21)40-33(41-32)46-17-34-10-4-11-42(34)15-19(36)14-34/h2-3,5-8,13,19,24-25H,1,4,9-12,14-17H2/t19-,24?,25-,34+/m1/s1. The van der Waals surface area contributed by atoms with Gasteiger partial charge in [-0.2, -0.15) is 9.97 Å². The van der Waals surface area contributed by atoms with Crippen molar-refractivity contribution in [3.63, 3.8) is 0 Å². The number of hydrogen-bond donors (Lipinski definition) is 0. The Morgan fingerprint density at radius 2 is 1.96 bits per heavy atom. The van der Waals surface area contributed by atoms with Crippen molar-refractivity contribution >= 4 is 45.0 Å². The molecule has 0 N–H and O–H groups in total. The van der Waals surface area contributed by atoms with Gasteiger partial charge < -0.3 is 14.5 Å². The van der Waals surface area contributed by atoms with Crippen LogP contribution in [0.1, 0.15) is 25.7 Å². The highest BCUT2D eigenvalue weighted by molar-refractivity contribution is 6.37. The number of carbonyl (C=O) groups excluding carboxylic acids is 1. The largest absolute Gasteiger partial charge is 0.461 e. The Morgan fingerprint density at radius 1 is 1.11 bits per heavy atom. The molecule has 4 fully saturated rings. The average molecular weight is 652 g/mol. The van der Waals surface area contributed by atoms with E-state index in [1.54, 1.807) is 17.0 Å². The van der Waals surface area contributed by atoms with Gasteiger partial charge in [0.2, 0.25) is 5.91 Å². The number of fused-ring (bicyclic) bond motifs is 4. The number of nitrogens with zero attached hydrogens (tertiary/aromatic N) is 5. The highest BCUT2D eigenvalue weighted by Crippen LogP contribution is 2.45. The van der Waals surface area contributed by atoms with E-state index in [9.17, 15) is 13.6 Å². The number of ether oxygens (including phenoxy) is 1. The van der Waals surface area contributed by atoms with Crippen LogP contribution in [0.4, 0.5) is 23.4 Å². The van der Waals surface area contributed by atoms with Gasteiger partial charge in [0, 0.05) is 36.8 Å². The van der Waals surface area contributed by atoms with E-state index in [4.69, 9.17) is 16.3 Å². The summed E-state index contributed by atoms with van der Waals surface area (Å²) in [5, 5.41) is 0.595. The van der Waals surface area contributed by atoms with E-state index >= 15 is 8.78 Å². The van der Waals surface area contributed by atoms with Crippen LogP contribution in [-0.2, 0) is 4.79 Å². The van der Waals surface area contributed by atoms with E-state index in [2.05, 4.69) is 21.4 Å². The summed E-state index contributed by atoms with van der Waals surface area (Å²) in [4.78, 5) is 27.3. The van der Waals surface area contributed by atoms with E-state index in [0.717, 1.165) is 19.4 Å². The smallest absolute Gasteiger partial charge is 0.319 e. The van der Waals surface area contributed by atoms with Gasteiger partial charge in [0.05, 0.1) is 28.2 Å². The number of aromatic nitrogens is 2. The van der Waals surface area contributed by atoms with E-state index in [0.29, 0.717) is 37.9 Å². The number of carbonyl (C=O) groups is 1. The average Bonchev–Trinajstić information content (AvgIpc) is 3.67. The lowest BCUT2D eigenvalue weighted by molar-refractivity contribution is -0.127. The lowest BCUT2D eigenvalue weighted by Crippen LogP contribution is -2.63. The first kappa shape index (κ1) is 29.4. The molecule has 4 saturated heterocycles. The highest BCUT2D eigenvalue weighted by Gasteiger charge is 2.51. The summed E-state index contributed by atoms with van der Waals surface area (Å²) in [6, 6.07) is 8.38. The van der Waals surface area contributed by atoms with Gasteiger partial charge in [-0.1, -0.05) is 42.4 Å². The van der Waals surface area contributed by atoms with Crippen LogP contribution < -0.4 is 9.64 Å². The number of likely N-dealkylation sites (tertiary alicyclic amines) is 1. The maximum Gasteiger partial charge on any atom is 0.319 e. The normalized spacial score (nSPS) is 25.6. The number of halogens is 5. The SMILES string of the molecule is C=CC(=O)N1CCC2[C@H]1CN2c1nc(OC[C@@]23CCCN2C[C@H](F)C3)nc2c(F)c(-c3cccc4ccc(F)c(Cl)c34)c(F)cc12. The predicted molar refractivity (Wildman–Crippen MR) is 167 cm³/mol. The van der Waals surface area contributed by atoms with Crippen molar-refractivity contribution in [2.24, 2.45) is 0 Å². The molecule has 3 aromatic carbocycles. The Labute approximate surface area is 267 Å². The topological polar surface area (TPSA) is 61.8 Å². The zero-order valence-electron chi connectivity index (χ0n) is 24.8. The number of benzene rings is 3. The molecule has 238 valence electrons. The van der Waals surface area contributed by atoms with Crippen LogP contribution in [0.2, 0.25) is 5.02 Å². The fourth-order valence-corrected chi connectivity index (χ4v) is 8.38. The Hall–Kier alpha value is -3.96. The van der Waals surface area contributed by atoms with Gasteiger partial charge in [-0.15, -0.1) is 0 Å². The van der Waals surface area contributed by atoms with E-state index < -0.39 is 34.7 Å². The summed E-state index contributed by atoms with van der Waals surface area (Å²) in [5.74, 6) is -2.44. The maximum atomic E-state index is 16.7. The lowest BCUT2D eigenvalue weighted by atomic mass is 9.94. The molecular formula is C34H30ClF4N5O2. The summed E-state index contributed by atoms with van der Waals surface area (Å²) >= 11 is 6.34.